The predicted molar refractivity (Wildman–Crippen MR) is 70.2 cm³/mol. The first-order valence-corrected chi connectivity index (χ1v) is 5.82. The Bertz CT molecular complexity index is 399. The lowest BCUT2D eigenvalue weighted by molar-refractivity contribution is 0.330. The zero-order valence-electron chi connectivity index (χ0n) is 9.52. The van der Waals surface area contributed by atoms with Crippen LogP contribution in [0.1, 0.15) is 23.5 Å². The summed E-state index contributed by atoms with van der Waals surface area (Å²) in [6, 6.07) is 9.58. The van der Waals surface area contributed by atoms with Gasteiger partial charge in [-0.15, -0.1) is 12.4 Å². The van der Waals surface area contributed by atoms with Crippen LogP contribution in [0, 0.1) is 5.92 Å². The van der Waals surface area contributed by atoms with Crippen molar-refractivity contribution in [2.75, 3.05) is 7.05 Å². The second-order valence-corrected chi connectivity index (χ2v) is 4.65. The van der Waals surface area contributed by atoms with Crippen molar-refractivity contribution >= 4 is 12.4 Å². The SMILES string of the molecule is CN[C@@H]1[C@@H]2CC=C[C@H]1Cc1ccccc12.Cl. The molecule has 2 aliphatic rings. The van der Waals surface area contributed by atoms with Crippen LogP contribution in [0.15, 0.2) is 36.4 Å². The van der Waals surface area contributed by atoms with Crippen molar-refractivity contribution in [3.05, 3.63) is 47.5 Å². The summed E-state index contributed by atoms with van der Waals surface area (Å²) < 4.78 is 0. The molecule has 1 nitrogen and oxygen atoms in total. The van der Waals surface area contributed by atoms with Crippen molar-refractivity contribution in [2.45, 2.75) is 24.8 Å². The molecule has 1 aromatic carbocycles. The molecule has 86 valence electrons. The molecular weight excluding hydrogens is 218 g/mol. The monoisotopic (exact) mass is 235 g/mol. The van der Waals surface area contributed by atoms with Crippen LogP contribution in [0.4, 0.5) is 0 Å². The van der Waals surface area contributed by atoms with Crippen LogP contribution < -0.4 is 5.32 Å². The first kappa shape index (κ1) is 11.7. The summed E-state index contributed by atoms with van der Waals surface area (Å²) in [6.07, 6.45) is 7.15. The van der Waals surface area contributed by atoms with Crippen LogP contribution >= 0.6 is 12.4 Å². The van der Waals surface area contributed by atoms with E-state index in [0.29, 0.717) is 17.9 Å². The molecule has 1 N–H and O–H groups in total. The summed E-state index contributed by atoms with van der Waals surface area (Å²) in [6.45, 7) is 0. The summed E-state index contributed by atoms with van der Waals surface area (Å²) >= 11 is 0. The van der Waals surface area contributed by atoms with E-state index in [0.717, 1.165) is 0 Å². The van der Waals surface area contributed by atoms with Gasteiger partial charge in [-0.3, -0.25) is 0 Å². The van der Waals surface area contributed by atoms with Crippen molar-refractivity contribution in [1.29, 1.82) is 0 Å². The van der Waals surface area contributed by atoms with Crippen molar-refractivity contribution in [1.82, 2.24) is 5.32 Å². The highest BCUT2D eigenvalue weighted by atomic mass is 35.5. The molecule has 0 aliphatic heterocycles. The van der Waals surface area contributed by atoms with Crippen molar-refractivity contribution in [2.24, 2.45) is 5.92 Å². The number of nitrogens with one attached hydrogen (secondary N) is 1. The quantitative estimate of drug-likeness (QED) is 0.739. The molecule has 0 amide bonds. The predicted octanol–water partition coefficient (Wildman–Crippen LogP) is 2.91. The number of fused-ring (bicyclic) bond motifs is 4. The fourth-order valence-corrected chi connectivity index (χ4v) is 3.23. The maximum atomic E-state index is 3.50. The van der Waals surface area contributed by atoms with Gasteiger partial charge in [-0.05, 0) is 36.9 Å². The lowest BCUT2D eigenvalue weighted by atomic mass is 9.69. The third kappa shape index (κ3) is 1.68. The van der Waals surface area contributed by atoms with E-state index in [1.54, 1.807) is 11.1 Å². The Morgan fingerprint density at radius 1 is 1.25 bits per heavy atom. The number of hydrogen-bond acceptors (Lipinski definition) is 1. The van der Waals surface area contributed by atoms with Crippen molar-refractivity contribution in [3.63, 3.8) is 0 Å². The van der Waals surface area contributed by atoms with Gasteiger partial charge in [0.2, 0.25) is 0 Å². The molecule has 0 radical (unpaired) electrons. The molecule has 2 heteroatoms. The maximum Gasteiger partial charge on any atom is 0.0202 e. The van der Waals surface area contributed by atoms with E-state index in [4.69, 9.17) is 0 Å². The lowest BCUT2D eigenvalue weighted by Gasteiger charge is -2.40. The maximum absolute atomic E-state index is 3.50. The standard InChI is InChI=1S/C14H17N.ClH/c1-15-14-11-6-4-8-13(14)12-7-3-2-5-10(12)9-11;/h2-7,11,13-15H,8-9H2,1H3;1H/t11-,13+,14-;/m0./s1. The van der Waals surface area contributed by atoms with Gasteiger partial charge in [-0.25, -0.2) is 0 Å². The fraction of sp³-hybridized carbons (Fsp3) is 0.429. The van der Waals surface area contributed by atoms with E-state index in [1.165, 1.54) is 12.8 Å². The third-order valence-corrected chi connectivity index (χ3v) is 3.91. The summed E-state index contributed by atoms with van der Waals surface area (Å²) in [5.74, 6) is 1.39. The van der Waals surface area contributed by atoms with Crippen molar-refractivity contribution in [3.8, 4) is 0 Å². The van der Waals surface area contributed by atoms with E-state index >= 15 is 0 Å². The second kappa shape index (κ2) is 4.60. The Hall–Kier alpha value is -0.790. The van der Waals surface area contributed by atoms with Gasteiger partial charge < -0.3 is 5.32 Å². The van der Waals surface area contributed by atoms with E-state index in [1.807, 2.05) is 0 Å². The van der Waals surface area contributed by atoms with Gasteiger partial charge in [-0.2, -0.15) is 0 Å². The molecule has 0 saturated heterocycles. The Balaban J connectivity index is 0.000000963. The first-order chi connectivity index (χ1) is 7.40. The number of benzene rings is 1. The minimum atomic E-state index is 0. The van der Waals surface area contributed by atoms with E-state index in [-0.39, 0.29) is 12.4 Å². The number of allylic oxidation sites excluding steroid dienone is 1. The highest BCUT2D eigenvalue weighted by Gasteiger charge is 2.35. The van der Waals surface area contributed by atoms with E-state index in [2.05, 4.69) is 48.8 Å². The van der Waals surface area contributed by atoms with Gasteiger partial charge in [-0.1, -0.05) is 36.4 Å². The molecule has 0 aromatic heterocycles. The zero-order valence-corrected chi connectivity index (χ0v) is 10.3. The minimum Gasteiger partial charge on any atom is -0.316 e. The Morgan fingerprint density at radius 3 is 2.88 bits per heavy atom. The van der Waals surface area contributed by atoms with Gasteiger partial charge in [0, 0.05) is 12.0 Å². The molecule has 3 rings (SSSR count). The smallest absolute Gasteiger partial charge is 0.0202 e. The summed E-state index contributed by atoms with van der Waals surface area (Å²) in [5.41, 5.74) is 3.13. The molecule has 3 atom stereocenters. The van der Waals surface area contributed by atoms with Crippen LogP contribution in [-0.4, -0.2) is 13.1 Å². The van der Waals surface area contributed by atoms with Crippen LogP contribution in [0.5, 0.6) is 0 Å². The van der Waals surface area contributed by atoms with Gasteiger partial charge in [0.05, 0.1) is 0 Å². The molecular formula is C14H18ClN. The third-order valence-electron chi connectivity index (χ3n) is 3.91. The molecule has 0 unspecified atom stereocenters. The first-order valence-electron chi connectivity index (χ1n) is 5.82. The van der Waals surface area contributed by atoms with E-state index < -0.39 is 0 Å². The van der Waals surface area contributed by atoms with Crippen LogP contribution in [-0.2, 0) is 6.42 Å². The summed E-state index contributed by atoms with van der Waals surface area (Å²) in [7, 11) is 2.10. The fourth-order valence-electron chi connectivity index (χ4n) is 3.23. The second-order valence-electron chi connectivity index (χ2n) is 4.65. The lowest BCUT2D eigenvalue weighted by Crippen LogP contribution is -2.44. The van der Waals surface area contributed by atoms with Gasteiger partial charge in [0.25, 0.3) is 0 Å². The van der Waals surface area contributed by atoms with Gasteiger partial charge in [0.15, 0.2) is 0 Å². The van der Waals surface area contributed by atoms with Crippen LogP contribution in [0.25, 0.3) is 0 Å². The Kier molecular flexibility index (Phi) is 3.36. The number of likely N-dealkylation sites (N-methyl/N-ethyl adjacent to an activating group) is 1. The van der Waals surface area contributed by atoms with Crippen LogP contribution in [0.3, 0.4) is 0 Å². The van der Waals surface area contributed by atoms with E-state index in [9.17, 15) is 0 Å². The largest absolute Gasteiger partial charge is 0.316 e. The number of hydrogen-bond donors (Lipinski definition) is 1. The van der Waals surface area contributed by atoms with Crippen molar-refractivity contribution < 1.29 is 0 Å². The molecule has 1 aromatic rings. The molecule has 0 saturated carbocycles. The molecule has 2 bridgehead atoms. The summed E-state index contributed by atoms with van der Waals surface area (Å²) in [4.78, 5) is 0. The van der Waals surface area contributed by atoms with Crippen LogP contribution in [0.2, 0.25) is 0 Å². The topological polar surface area (TPSA) is 12.0 Å². The Labute approximate surface area is 103 Å². The molecule has 16 heavy (non-hydrogen) atoms. The van der Waals surface area contributed by atoms with Gasteiger partial charge in [0.1, 0.15) is 0 Å². The molecule has 0 spiro atoms. The Morgan fingerprint density at radius 2 is 2.06 bits per heavy atom. The highest BCUT2D eigenvalue weighted by molar-refractivity contribution is 5.85. The van der Waals surface area contributed by atoms with Gasteiger partial charge >= 0.3 is 0 Å². The molecule has 2 aliphatic carbocycles. The molecule has 0 heterocycles. The minimum absolute atomic E-state index is 0. The average Bonchev–Trinajstić information content (AvgIpc) is 2.28. The number of halogens is 1. The normalized spacial score (nSPS) is 30.4. The molecule has 0 fully saturated rings. The summed E-state index contributed by atoms with van der Waals surface area (Å²) in [5, 5.41) is 3.50. The average molecular weight is 236 g/mol. The zero-order chi connectivity index (χ0) is 10.3. The highest BCUT2D eigenvalue weighted by Crippen LogP contribution is 2.40. The number of rotatable bonds is 1.